The number of nitrogens with zero attached hydrogens (tertiary/aromatic N) is 2. The number of fused-ring (bicyclic) bond motifs is 1. The lowest BCUT2D eigenvalue weighted by Crippen LogP contribution is -2.25. The average molecular weight is 286 g/mol. The summed E-state index contributed by atoms with van der Waals surface area (Å²) in [6, 6.07) is 2.21. The molecule has 0 bridgehead atoms. The van der Waals surface area contributed by atoms with E-state index in [1.54, 1.807) is 7.11 Å². The van der Waals surface area contributed by atoms with E-state index in [4.69, 9.17) is 15.2 Å². The summed E-state index contributed by atoms with van der Waals surface area (Å²) in [5.41, 5.74) is 8.14. The van der Waals surface area contributed by atoms with Crippen LogP contribution in [0.15, 0.2) is 23.6 Å². The van der Waals surface area contributed by atoms with Crippen molar-refractivity contribution in [3.8, 4) is 11.9 Å². The molecule has 1 aliphatic heterocycles. The molecule has 110 valence electrons. The summed E-state index contributed by atoms with van der Waals surface area (Å²) in [5, 5.41) is 16.6. The van der Waals surface area contributed by atoms with Crippen molar-refractivity contribution in [2.75, 3.05) is 7.11 Å². The Morgan fingerprint density at radius 2 is 2.48 bits per heavy atom. The van der Waals surface area contributed by atoms with Gasteiger partial charge in [0.05, 0.1) is 17.9 Å². The summed E-state index contributed by atoms with van der Waals surface area (Å²) >= 11 is 0. The molecule has 1 aliphatic carbocycles. The van der Waals surface area contributed by atoms with E-state index in [0.717, 1.165) is 30.5 Å². The van der Waals surface area contributed by atoms with Gasteiger partial charge in [0.25, 0.3) is 0 Å². The Bertz CT molecular complexity index is 639. The summed E-state index contributed by atoms with van der Waals surface area (Å²) in [6.07, 6.45) is 7.58. The number of rotatable bonds is 3. The number of nitriles is 1. The van der Waals surface area contributed by atoms with Crippen LogP contribution in [0, 0.1) is 17.2 Å². The van der Waals surface area contributed by atoms with Gasteiger partial charge in [-0.25, -0.2) is 0 Å². The van der Waals surface area contributed by atoms with Gasteiger partial charge in [-0.3, -0.25) is 5.10 Å². The maximum absolute atomic E-state index is 9.49. The molecule has 1 aromatic heterocycles. The van der Waals surface area contributed by atoms with E-state index in [-0.39, 0.29) is 17.7 Å². The lowest BCUT2D eigenvalue weighted by molar-refractivity contribution is 0.180. The van der Waals surface area contributed by atoms with Gasteiger partial charge in [-0.2, -0.15) is 5.26 Å². The van der Waals surface area contributed by atoms with Crippen LogP contribution >= 0.6 is 0 Å². The van der Waals surface area contributed by atoms with Gasteiger partial charge < -0.3 is 15.2 Å². The van der Waals surface area contributed by atoms with Crippen LogP contribution in [0.4, 0.5) is 0 Å². The van der Waals surface area contributed by atoms with E-state index in [1.807, 2.05) is 0 Å². The predicted molar refractivity (Wildman–Crippen MR) is 76.0 cm³/mol. The fourth-order valence-corrected chi connectivity index (χ4v) is 3.15. The van der Waals surface area contributed by atoms with Gasteiger partial charge in [-0.1, -0.05) is 12.2 Å². The molecule has 2 aliphatic rings. The molecule has 0 fully saturated rings. The lowest BCUT2D eigenvalue weighted by atomic mass is 9.75. The Balaban J connectivity index is 2.09. The fourth-order valence-electron chi connectivity index (χ4n) is 3.15. The molecule has 2 atom stereocenters. The normalized spacial score (nSPS) is 24.4. The second-order valence-electron chi connectivity index (χ2n) is 5.35. The molecule has 1 aromatic rings. The van der Waals surface area contributed by atoms with E-state index >= 15 is 0 Å². The van der Waals surface area contributed by atoms with Gasteiger partial charge >= 0.3 is 0 Å². The van der Waals surface area contributed by atoms with Crippen LogP contribution in [0.3, 0.4) is 0 Å². The van der Waals surface area contributed by atoms with Crippen LogP contribution in [0.1, 0.15) is 36.4 Å². The Hall–Kier alpha value is -2.26. The summed E-state index contributed by atoms with van der Waals surface area (Å²) in [6.45, 7) is 0.400. The van der Waals surface area contributed by atoms with Crippen molar-refractivity contribution in [1.82, 2.24) is 10.2 Å². The van der Waals surface area contributed by atoms with E-state index in [9.17, 15) is 5.26 Å². The van der Waals surface area contributed by atoms with Crippen LogP contribution < -0.4 is 10.5 Å². The van der Waals surface area contributed by atoms with Crippen molar-refractivity contribution in [3.05, 3.63) is 34.9 Å². The number of aromatic nitrogens is 2. The molecular formula is C15H18N4O2. The third-order valence-electron chi connectivity index (χ3n) is 4.07. The van der Waals surface area contributed by atoms with Crippen LogP contribution in [-0.4, -0.2) is 17.3 Å². The van der Waals surface area contributed by atoms with Gasteiger partial charge in [0.2, 0.25) is 11.8 Å². The maximum atomic E-state index is 9.49. The van der Waals surface area contributed by atoms with E-state index in [2.05, 4.69) is 28.4 Å². The van der Waals surface area contributed by atoms with Gasteiger partial charge in [0.15, 0.2) is 0 Å². The molecule has 3 rings (SSSR count). The van der Waals surface area contributed by atoms with Crippen molar-refractivity contribution < 1.29 is 9.47 Å². The molecule has 2 heterocycles. The van der Waals surface area contributed by atoms with Crippen molar-refractivity contribution in [2.45, 2.75) is 31.8 Å². The summed E-state index contributed by atoms with van der Waals surface area (Å²) in [5.74, 6) is 0.744. The number of methoxy groups -OCH3 is 1. The lowest BCUT2D eigenvalue weighted by Gasteiger charge is -2.30. The van der Waals surface area contributed by atoms with E-state index in [0.29, 0.717) is 18.1 Å². The van der Waals surface area contributed by atoms with Crippen molar-refractivity contribution in [1.29, 1.82) is 5.26 Å². The zero-order chi connectivity index (χ0) is 14.8. The zero-order valence-electron chi connectivity index (χ0n) is 11.9. The molecule has 0 saturated heterocycles. The van der Waals surface area contributed by atoms with Crippen molar-refractivity contribution in [2.24, 2.45) is 11.7 Å². The van der Waals surface area contributed by atoms with Crippen LogP contribution in [-0.2, 0) is 11.3 Å². The molecule has 0 aromatic carbocycles. The Kier molecular flexibility index (Phi) is 3.67. The number of hydrogen-bond donors (Lipinski definition) is 2. The highest BCUT2D eigenvalue weighted by molar-refractivity contribution is 5.50. The second-order valence-corrected chi connectivity index (χ2v) is 5.35. The zero-order valence-corrected chi connectivity index (χ0v) is 11.9. The molecule has 6 nitrogen and oxygen atoms in total. The van der Waals surface area contributed by atoms with Gasteiger partial charge in [0.1, 0.15) is 6.07 Å². The van der Waals surface area contributed by atoms with Crippen molar-refractivity contribution in [3.63, 3.8) is 0 Å². The minimum atomic E-state index is -0.112. The van der Waals surface area contributed by atoms with Crippen LogP contribution in [0.2, 0.25) is 0 Å². The number of ether oxygens (including phenoxy) is 2. The number of H-pyrrole nitrogens is 1. The third-order valence-corrected chi connectivity index (χ3v) is 4.07. The minimum absolute atomic E-state index is 0.112. The molecule has 0 amide bonds. The third kappa shape index (κ3) is 2.30. The summed E-state index contributed by atoms with van der Waals surface area (Å²) < 4.78 is 10.7. The molecule has 0 radical (unpaired) electrons. The first-order valence-electron chi connectivity index (χ1n) is 7.06. The SMILES string of the molecule is COCc1[nH]nc2c1[C@H]([C@@H]1C=CCCC1)C(C#N)=C(N)O2. The average Bonchev–Trinajstić information content (AvgIpc) is 2.89. The Labute approximate surface area is 123 Å². The Morgan fingerprint density at radius 1 is 1.62 bits per heavy atom. The molecule has 0 saturated carbocycles. The number of nitrogens with one attached hydrogen (secondary N) is 1. The first kappa shape index (κ1) is 13.7. The molecule has 21 heavy (non-hydrogen) atoms. The van der Waals surface area contributed by atoms with Crippen LogP contribution in [0.25, 0.3) is 0 Å². The quantitative estimate of drug-likeness (QED) is 0.829. The highest BCUT2D eigenvalue weighted by atomic mass is 16.5. The van der Waals surface area contributed by atoms with Crippen LogP contribution in [0.5, 0.6) is 5.88 Å². The van der Waals surface area contributed by atoms with E-state index in [1.165, 1.54) is 0 Å². The minimum Gasteiger partial charge on any atom is -0.420 e. The molecule has 0 unspecified atom stereocenters. The second kappa shape index (κ2) is 5.62. The van der Waals surface area contributed by atoms with Gasteiger partial charge in [-0.05, 0) is 25.2 Å². The maximum Gasteiger partial charge on any atom is 0.244 e. The monoisotopic (exact) mass is 286 g/mol. The summed E-state index contributed by atoms with van der Waals surface area (Å²) in [4.78, 5) is 0. The van der Waals surface area contributed by atoms with E-state index < -0.39 is 0 Å². The number of allylic oxidation sites excluding steroid dienone is 3. The smallest absolute Gasteiger partial charge is 0.244 e. The number of nitrogens with two attached hydrogens (primary N) is 1. The van der Waals surface area contributed by atoms with Crippen molar-refractivity contribution >= 4 is 0 Å². The van der Waals surface area contributed by atoms with Gasteiger partial charge in [-0.15, -0.1) is 5.10 Å². The largest absolute Gasteiger partial charge is 0.420 e. The standard InChI is InChI=1S/C15H18N4O2/c1-20-8-11-13-12(9-5-3-2-4-6-9)10(7-16)14(17)21-15(13)19-18-11/h3,5,9,12H,2,4,6,8,17H2,1H3,(H,18,19)/t9-,12-/m1/s1. The summed E-state index contributed by atoms with van der Waals surface area (Å²) in [7, 11) is 1.63. The topological polar surface area (TPSA) is 97.0 Å². The molecule has 6 heteroatoms. The fraction of sp³-hybridized carbons (Fsp3) is 0.467. The highest BCUT2D eigenvalue weighted by Gasteiger charge is 2.38. The number of aromatic amines is 1. The predicted octanol–water partition coefficient (Wildman–Crippen LogP) is 2.08. The first-order chi connectivity index (χ1) is 10.3. The molecule has 3 N–H and O–H groups in total. The first-order valence-corrected chi connectivity index (χ1v) is 7.06. The highest BCUT2D eigenvalue weighted by Crippen LogP contribution is 2.45. The molecular weight excluding hydrogens is 268 g/mol. The molecule has 0 spiro atoms. The van der Waals surface area contributed by atoms with Gasteiger partial charge in [0, 0.05) is 18.6 Å². The Morgan fingerprint density at radius 3 is 3.14 bits per heavy atom. The number of hydrogen-bond acceptors (Lipinski definition) is 5.